The molecule has 0 bridgehead atoms. The van der Waals surface area contributed by atoms with Gasteiger partial charge in [0.25, 0.3) is 0 Å². The van der Waals surface area contributed by atoms with Gasteiger partial charge in [0.2, 0.25) is 35.4 Å². The second-order valence-electron chi connectivity index (χ2n) is 10.7. The number of rotatable bonds is 13. The Morgan fingerprint density at radius 3 is 2.04 bits per heavy atom. The lowest BCUT2D eigenvalue weighted by atomic mass is 10.0. The second kappa shape index (κ2) is 19.2. The summed E-state index contributed by atoms with van der Waals surface area (Å²) in [5.74, 6) is -5.74. The first-order chi connectivity index (χ1) is 21.8. The molecule has 1 aromatic rings. The average Bonchev–Trinajstić information content (AvgIpc) is 2.99. The van der Waals surface area contributed by atoms with Crippen LogP contribution in [0.25, 0.3) is 0 Å². The zero-order valence-electron chi connectivity index (χ0n) is 25.7. The number of unbranched alkanes of at least 4 members (excludes halogenated alkanes) is 1. The number of carboxylic acid groups (broad SMARTS) is 1. The fourth-order valence-corrected chi connectivity index (χ4v) is 4.57. The number of amides is 6. The molecule has 1 aliphatic rings. The number of carbonyl (C=O) groups is 7. The smallest absolute Gasteiger partial charge is 0.305 e. The van der Waals surface area contributed by atoms with Crippen molar-refractivity contribution < 1.29 is 38.7 Å². The molecule has 11 N–H and O–H groups in total. The Balaban J connectivity index is 2.43. The highest BCUT2D eigenvalue weighted by molar-refractivity contribution is 5.98. The van der Waals surface area contributed by atoms with Crippen LogP contribution in [0.1, 0.15) is 51.0 Å². The van der Waals surface area contributed by atoms with Gasteiger partial charge in [0.05, 0.1) is 13.0 Å². The van der Waals surface area contributed by atoms with Crippen LogP contribution in [0.5, 0.6) is 0 Å². The van der Waals surface area contributed by atoms with Gasteiger partial charge < -0.3 is 48.5 Å². The Kier molecular flexibility index (Phi) is 15.5. The third-order valence-corrected chi connectivity index (χ3v) is 6.87. The minimum atomic E-state index is -1.57. The lowest BCUT2D eigenvalue weighted by molar-refractivity contribution is -0.141. The van der Waals surface area contributed by atoms with Crippen LogP contribution in [0.15, 0.2) is 35.3 Å². The third kappa shape index (κ3) is 14.0. The molecular formula is C29H43N9O8. The maximum Gasteiger partial charge on any atom is 0.305 e. The SMILES string of the molecule is CC(=O)NCCCCC1NC(=O)[C@@H](Cc2ccccc2)NC(=O)[C@H](CC(=O)O)NC(=O)CNC(=O)[C@H](CCCN=C(N)N)NC1=O. The van der Waals surface area contributed by atoms with Gasteiger partial charge in [0.1, 0.15) is 24.2 Å². The van der Waals surface area contributed by atoms with Gasteiger partial charge in [-0.3, -0.25) is 38.6 Å². The molecule has 1 fully saturated rings. The Morgan fingerprint density at radius 2 is 1.41 bits per heavy atom. The summed E-state index contributed by atoms with van der Waals surface area (Å²) in [6.45, 7) is 1.24. The van der Waals surface area contributed by atoms with Gasteiger partial charge in [-0.2, -0.15) is 0 Å². The molecule has 0 aromatic heterocycles. The Morgan fingerprint density at radius 1 is 0.826 bits per heavy atom. The summed E-state index contributed by atoms with van der Waals surface area (Å²) in [6.07, 6.45) is 0.524. The molecule has 1 saturated heterocycles. The quantitative estimate of drug-likeness (QED) is 0.0601. The number of aliphatic imine (C=N–C) groups is 1. The number of benzene rings is 1. The first-order valence-electron chi connectivity index (χ1n) is 14.9. The van der Waals surface area contributed by atoms with Crippen LogP contribution in [0.4, 0.5) is 0 Å². The van der Waals surface area contributed by atoms with Gasteiger partial charge in [-0.05, 0) is 37.7 Å². The van der Waals surface area contributed by atoms with Gasteiger partial charge in [-0.1, -0.05) is 30.3 Å². The maximum atomic E-state index is 13.7. The number of carboxylic acids is 1. The van der Waals surface area contributed by atoms with Crippen molar-refractivity contribution in [1.82, 2.24) is 31.9 Å². The second-order valence-corrected chi connectivity index (χ2v) is 10.7. The number of aliphatic carboxylic acids is 1. The Labute approximate surface area is 266 Å². The van der Waals surface area contributed by atoms with Gasteiger partial charge >= 0.3 is 5.97 Å². The fraction of sp³-hybridized carbons (Fsp3) is 0.517. The minimum absolute atomic E-state index is 0.0174. The molecule has 0 radical (unpaired) electrons. The molecule has 17 heteroatoms. The molecule has 0 spiro atoms. The van der Waals surface area contributed by atoms with Gasteiger partial charge in [0.15, 0.2) is 5.96 Å². The van der Waals surface area contributed by atoms with Crippen LogP contribution >= 0.6 is 0 Å². The van der Waals surface area contributed by atoms with Gasteiger partial charge in [-0.15, -0.1) is 0 Å². The largest absolute Gasteiger partial charge is 0.481 e. The topological polar surface area (TPSA) is 276 Å². The standard InChI is InChI=1S/C29H43N9O8/c1-17(39)32-12-6-5-10-20-26(44)36-19(11-7-13-33-29(30)31)25(43)34-16-23(40)35-22(15-24(41)42)28(46)38-21(27(45)37-20)14-18-8-3-2-4-9-18/h2-4,8-9,19-22H,5-7,10-16H2,1H3,(H,32,39)(H,34,43)(H,35,40)(H,36,44)(H,37,45)(H,38,46)(H,41,42)(H4,30,31,33)/t19-,20?,21+,22-/m0/s1. The zero-order chi connectivity index (χ0) is 34.1. The van der Waals surface area contributed by atoms with E-state index in [0.29, 0.717) is 24.9 Å². The molecule has 2 rings (SSSR count). The van der Waals surface area contributed by atoms with Crippen LogP contribution in [-0.2, 0) is 40.0 Å². The van der Waals surface area contributed by atoms with Crippen molar-refractivity contribution in [1.29, 1.82) is 0 Å². The molecule has 0 aliphatic carbocycles. The van der Waals surface area contributed by atoms with Crippen molar-refractivity contribution in [2.24, 2.45) is 16.5 Å². The van der Waals surface area contributed by atoms with E-state index < -0.39 is 72.6 Å². The number of nitrogens with zero attached hydrogens (tertiary/aromatic N) is 1. The predicted octanol–water partition coefficient (Wildman–Crippen LogP) is -2.87. The van der Waals surface area contributed by atoms with Gasteiger partial charge in [0, 0.05) is 26.4 Å². The summed E-state index contributed by atoms with van der Waals surface area (Å²) in [6, 6.07) is 3.53. The summed E-state index contributed by atoms with van der Waals surface area (Å²) in [4.78, 5) is 92.9. The summed E-state index contributed by atoms with van der Waals surface area (Å²) >= 11 is 0. The highest BCUT2D eigenvalue weighted by Gasteiger charge is 2.33. The number of hydrogen-bond acceptors (Lipinski definition) is 8. The van der Waals surface area contributed by atoms with E-state index in [1.165, 1.54) is 6.92 Å². The minimum Gasteiger partial charge on any atom is -0.481 e. The molecule has 4 atom stereocenters. The van der Waals surface area contributed by atoms with E-state index in [9.17, 15) is 38.7 Å². The summed E-state index contributed by atoms with van der Waals surface area (Å²) in [5, 5.41) is 24.5. The highest BCUT2D eigenvalue weighted by atomic mass is 16.4. The molecule has 1 aromatic carbocycles. The van der Waals surface area contributed by atoms with Crippen LogP contribution in [0, 0.1) is 0 Å². The third-order valence-electron chi connectivity index (χ3n) is 6.87. The van der Waals surface area contributed by atoms with Crippen molar-refractivity contribution in [3.63, 3.8) is 0 Å². The monoisotopic (exact) mass is 645 g/mol. The molecule has 0 saturated carbocycles. The lowest BCUT2D eigenvalue weighted by Gasteiger charge is -2.26. The number of guanidine groups is 1. The molecule has 6 amide bonds. The number of nitrogens with one attached hydrogen (secondary N) is 6. The van der Waals surface area contributed by atoms with E-state index in [1.807, 2.05) is 0 Å². The summed E-state index contributed by atoms with van der Waals surface area (Å²) in [5.41, 5.74) is 11.4. The zero-order valence-corrected chi connectivity index (χ0v) is 25.7. The van der Waals surface area contributed by atoms with Crippen LogP contribution in [0.2, 0.25) is 0 Å². The normalized spacial score (nSPS) is 21.2. The molecule has 1 unspecified atom stereocenters. The van der Waals surface area contributed by atoms with Crippen molar-refractivity contribution in [3.8, 4) is 0 Å². The van der Waals surface area contributed by atoms with Crippen molar-refractivity contribution >= 4 is 47.4 Å². The van der Waals surface area contributed by atoms with E-state index >= 15 is 0 Å². The van der Waals surface area contributed by atoms with Crippen molar-refractivity contribution in [2.45, 2.75) is 76.0 Å². The molecule has 1 heterocycles. The molecule has 17 nitrogen and oxygen atoms in total. The fourth-order valence-electron chi connectivity index (χ4n) is 4.57. The van der Waals surface area contributed by atoms with Crippen molar-refractivity contribution in [2.75, 3.05) is 19.6 Å². The van der Waals surface area contributed by atoms with Crippen LogP contribution in [0.3, 0.4) is 0 Å². The summed E-state index contributed by atoms with van der Waals surface area (Å²) in [7, 11) is 0. The first kappa shape index (κ1) is 37.0. The Bertz CT molecular complexity index is 1270. The lowest BCUT2D eigenvalue weighted by Crippen LogP contribution is -2.58. The molecule has 1 aliphatic heterocycles. The van der Waals surface area contributed by atoms with Crippen molar-refractivity contribution in [3.05, 3.63) is 35.9 Å². The number of nitrogens with two attached hydrogens (primary N) is 2. The molecule has 252 valence electrons. The summed E-state index contributed by atoms with van der Waals surface area (Å²) < 4.78 is 0. The predicted molar refractivity (Wildman–Crippen MR) is 166 cm³/mol. The van der Waals surface area contributed by atoms with E-state index in [4.69, 9.17) is 11.5 Å². The van der Waals surface area contributed by atoms with Crippen LogP contribution < -0.4 is 43.4 Å². The average molecular weight is 646 g/mol. The highest BCUT2D eigenvalue weighted by Crippen LogP contribution is 2.09. The molecular weight excluding hydrogens is 602 g/mol. The van der Waals surface area contributed by atoms with Crippen LogP contribution in [-0.4, -0.2) is 96.3 Å². The van der Waals surface area contributed by atoms with E-state index in [-0.39, 0.29) is 44.1 Å². The number of hydrogen-bond donors (Lipinski definition) is 9. The first-order valence-corrected chi connectivity index (χ1v) is 14.9. The maximum absolute atomic E-state index is 13.7. The molecule has 46 heavy (non-hydrogen) atoms. The van der Waals surface area contributed by atoms with Gasteiger partial charge in [-0.25, -0.2) is 0 Å². The van der Waals surface area contributed by atoms with E-state index in [2.05, 4.69) is 36.9 Å². The van der Waals surface area contributed by atoms with E-state index in [1.54, 1.807) is 30.3 Å². The number of carbonyl (C=O) groups excluding carboxylic acids is 6. The van der Waals surface area contributed by atoms with E-state index in [0.717, 1.165) is 0 Å². The Hall–Kier alpha value is -5.22.